The van der Waals surface area contributed by atoms with E-state index >= 15 is 0 Å². The summed E-state index contributed by atoms with van der Waals surface area (Å²) in [4.78, 5) is 26.2. The highest BCUT2D eigenvalue weighted by molar-refractivity contribution is 7.92. The number of rotatable bonds is 4. The van der Waals surface area contributed by atoms with Crippen molar-refractivity contribution in [2.75, 3.05) is 40.7 Å². The van der Waals surface area contributed by atoms with Crippen molar-refractivity contribution in [1.82, 2.24) is 0 Å². The molecular formula is C18H17N3O6S. The second-order valence-corrected chi connectivity index (χ2v) is 8.26. The van der Waals surface area contributed by atoms with E-state index in [9.17, 15) is 18.0 Å². The number of sulfonamides is 1. The lowest BCUT2D eigenvalue weighted by Gasteiger charge is -2.31. The minimum Gasteiger partial charge on any atom is -0.454 e. The quantitative estimate of drug-likeness (QED) is 0.822. The van der Waals surface area contributed by atoms with Gasteiger partial charge in [0.15, 0.2) is 11.5 Å². The molecule has 0 atom stereocenters. The Balaban J connectivity index is 1.65. The first-order chi connectivity index (χ1) is 13.3. The van der Waals surface area contributed by atoms with E-state index < -0.39 is 22.5 Å². The van der Waals surface area contributed by atoms with Gasteiger partial charge in [0.25, 0.3) is 0 Å². The number of para-hydroxylation sites is 2. The van der Waals surface area contributed by atoms with Crippen LogP contribution in [0.15, 0.2) is 42.5 Å². The lowest BCUT2D eigenvalue weighted by atomic mass is 10.2. The number of hydrogen-bond donors (Lipinski definition) is 1. The fraction of sp³-hybridized carbons (Fsp3) is 0.222. The standard InChI is InChI=1S/C18H17N3O6S/c1-28(24,25)21(12-6-7-15-16(8-12)27-11-26-15)10-18(23)20-9-17(22)19-13-4-2-3-5-14(13)20/h2-8H,9-11H2,1H3,(H,19,22). The Morgan fingerprint density at radius 3 is 2.71 bits per heavy atom. The first-order valence-corrected chi connectivity index (χ1v) is 10.2. The first kappa shape index (κ1) is 18.1. The molecule has 2 heterocycles. The molecule has 2 aliphatic rings. The molecule has 2 aromatic carbocycles. The van der Waals surface area contributed by atoms with E-state index in [1.165, 1.54) is 11.0 Å². The first-order valence-electron chi connectivity index (χ1n) is 8.39. The van der Waals surface area contributed by atoms with Crippen LogP contribution in [0.3, 0.4) is 0 Å². The van der Waals surface area contributed by atoms with Crippen LogP contribution in [0.2, 0.25) is 0 Å². The van der Waals surface area contributed by atoms with E-state index in [2.05, 4.69) is 5.32 Å². The SMILES string of the molecule is CS(=O)(=O)N(CC(=O)N1CC(=O)Nc2ccccc21)c1ccc2c(c1)OCO2. The number of nitrogens with one attached hydrogen (secondary N) is 1. The minimum absolute atomic E-state index is 0.0519. The van der Waals surface area contributed by atoms with Gasteiger partial charge in [-0.15, -0.1) is 0 Å². The zero-order valence-corrected chi connectivity index (χ0v) is 15.7. The maximum atomic E-state index is 13.0. The molecule has 0 radical (unpaired) electrons. The fourth-order valence-corrected chi connectivity index (χ4v) is 3.95. The number of ether oxygens (including phenoxy) is 2. The van der Waals surface area contributed by atoms with Gasteiger partial charge in [-0.2, -0.15) is 0 Å². The van der Waals surface area contributed by atoms with Crippen molar-refractivity contribution in [3.63, 3.8) is 0 Å². The number of amides is 2. The number of carbonyl (C=O) groups is 2. The molecule has 0 saturated heterocycles. The maximum Gasteiger partial charge on any atom is 0.248 e. The van der Waals surface area contributed by atoms with Crippen molar-refractivity contribution in [1.29, 1.82) is 0 Å². The Hall–Kier alpha value is -3.27. The molecule has 0 unspecified atom stereocenters. The van der Waals surface area contributed by atoms with Gasteiger partial charge >= 0.3 is 0 Å². The van der Waals surface area contributed by atoms with Gasteiger partial charge in [0.2, 0.25) is 28.6 Å². The molecule has 2 aliphatic heterocycles. The second-order valence-electron chi connectivity index (χ2n) is 6.35. The summed E-state index contributed by atoms with van der Waals surface area (Å²) in [7, 11) is -3.77. The molecule has 146 valence electrons. The second kappa shape index (κ2) is 6.71. The molecule has 2 amide bonds. The highest BCUT2D eigenvalue weighted by Crippen LogP contribution is 2.36. The fourth-order valence-electron chi connectivity index (χ4n) is 3.10. The van der Waals surface area contributed by atoms with Gasteiger partial charge in [-0.1, -0.05) is 12.1 Å². The number of fused-ring (bicyclic) bond motifs is 2. The van der Waals surface area contributed by atoms with E-state index in [4.69, 9.17) is 9.47 Å². The number of hydrogen-bond acceptors (Lipinski definition) is 6. The molecular weight excluding hydrogens is 386 g/mol. The van der Waals surface area contributed by atoms with Crippen molar-refractivity contribution in [3.8, 4) is 11.5 Å². The Labute approximate surface area is 161 Å². The third-order valence-corrected chi connectivity index (χ3v) is 5.54. The van der Waals surface area contributed by atoms with Crippen LogP contribution in [-0.2, 0) is 19.6 Å². The van der Waals surface area contributed by atoms with Gasteiger partial charge in [0, 0.05) is 6.07 Å². The van der Waals surface area contributed by atoms with Crippen LogP contribution in [0.25, 0.3) is 0 Å². The van der Waals surface area contributed by atoms with Crippen LogP contribution in [0, 0.1) is 0 Å². The number of benzene rings is 2. The molecule has 0 bridgehead atoms. The Morgan fingerprint density at radius 1 is 1.18 bits per heavy atom. The van der Waals surface area contributed by atoms with Crippen molar-refractivity contribution in [2.24, 2.45) is 0 Å². The summed E-state index contributed by atoms with van der Waals surface area (Å²) in [6, 6.07) is 11.5. The lowest BCUT2D eigenvalue weighted by Crippen LogP contribution is -2.47. The van der Waals surface area contributed by atoms with Crippen LogP contribution >= 0.6 is 0 Å². The zero-order valence-electron chi connectivity index (χ0n) is 14.9. The van der Waals surface area contributed by atoms with Gasteiger partial charge in [0.1, 0.15) is 13.1 Å². The summed E-state index contributed by atoms with van der Waals surface area (Å²) in [6.07, 6.45) is 1.02. The molecule has 28 heavy (non-hydrogen) atoms. The van der Waals surface area contributed by atoms with E-state index in [1.54, 1.807) is 36.4 Å². The highest BCUT2D eigenvalue weighted by atomic mass is 32.2. The minimum atomic E-state index is -3.77. The van der Waals surface area contributed by atoms with Gasteiger partial charge < -0.3 is 14.8 Å². The summed E-state index contributed by atoms with van der Waals surface area (Å²) >= 11 is 0. The van der Waals surface area contributed by atoms with Crippen LogP contribution in [-0.4, -0.2) is 46.4 Å². The molecule has 0 saturated carbocycles. The van der Waals surface area contributed by atoms with E-state index in [0.29, 0.717) is 22.9 Å². The normalized spacial score (nSPS) is 15.0. The highest BCUT2D eigenvalue weighted by Gasteiger charge is 2.30. The van der Waals surface area contributed by atoms with Crippen molar-refractivity contribution < 1.29 is 27.5 Å². The average molecular weight is 403 g/mol. The molecule has 10 heteroatoms. The molecule has 2 aromatic rings. The predicted octanol–water partition coefficient (Wildman–Crippen LogP) is 1.17. The van der Waals surface area contributed by atoms with Crippen molar-refractivity contribution in [3.05, 3.63) is 42.5 Å². The average Bonchev–Trinajstić information content (AvgIpc) is 3.12. The Morgan fingerprint density at radius 2 is 1.93 bits per heavy atom. The molecule has 4 rings (SSSR count). The van der Waals surface area contributed by atoms with Crippen molar-refractivity contribution >= 4 is 38.9 Å². The number of nitrogens with zero attached hydrogens (tertiary/aromatic N) is 2. The van der Waals surface area contributed by atoms with Gasteiger partial charge in [-0.05, 0) is 24.3 Å². The van der Waals surface area contributed by atoms with Crippen LogP contribution in [0.1, 0.15) is 0 Å². The van der Waals surface area contributed by atoms with E-state index in [-0.39, 0.29) is 24.9 Å². The predicted molar refractivity (Wildman–Crippen MR) is 102 cm³/mol. The Bertz CT molecular complexity index is 1070. The molecule has 0 fully saturated rings. The third kappa shape index (κ3) is 3.33. The zero-order chi connectivity index (χ0) is 19.9. The van der Waals surface area contributed by atoms with E-state index in [0.717, 1.165) is 10.6 Å². The summed E-state index contributed by atoms with van der Waals surface area (Å²) < 4.78 is 36.2. The van der Waals surface area contributed by atoms with Crippen LogP contribution in [0.5, 0.6) is 11.5 Å². The molecule has 0 aliphatic carbocycles. The Kier molecular flexibility index (Phi) is 4.34. The topological polar surface area (TPSA) is 105 Å². The molecule has 1 N–H and O–H groups in total. The number of anilines is 3. The van der Waals surface area contributed by atoms with E-state index in [1.807, 2.05) is 0 Å². The van der Waals surface area contributed by atoms with Gasteiger partial charge in [0.05, 0.1) is 23.3 Å². The van der Waals surface area contributed by atoms with Gasteiger partial charge in [-0.3, -0.25) is 18.8 Å². The summed E-state index contributed by atoms with van der Waals surface area (Å²) in [6.45, 7) is -0.592. The van der Waals surface area contributed by atoms with Crippen molar-refractivity contribution in [2.45, 2.75) is 0 Å². The summed E-state index contributed by atoms with van der Waals surface area (Å²) in [5.41, 5.74) is 1.29. The summed E-state index contributed by atoms with van der Waals surface area (Å²) in [5.74, 6) is 0.0397. The van der Waals surface area contributed by atoms with Crippen LogP contribution < -0.4 is 24.0 Å². The molecule has 9 nitrogen and oxygen atoms in total. The number of carbonyl (C=O) groups excluding carboxylic acids is 2. The van der Waals surface area contributed by atoms with Crippen LogP contribution in [0.4, 0.5) is 17.1 Å². The molecule has 0 spiro atoms. The third-order valence-electron chi connectivity index (χ3n) is 4.40. The largest absolute Gasteiger partial charge is 0.454 e. The lowest BCUT2D eigenvalue weighted by molar-refractivity contribution is -0.121. The molecule has 0 aromatic heterocycles. The summed E-state index contributed by atoms with van der Waals surface area (Å²) in [5, 5.41) is 2.69. The smallest absolute Gasteiger partial charge is 0.248 e. The maximum absolute atomic E-state index is 13.0. The van der Waals surface area contributed by atoms with Gasteiger partial charge in [-0.25, -0.2) is 8.42 Å². The monoisotopic (exact) mass is 403 g/mol.